The summed E-state index contributed by atoms with van der Waals surface area (Å²) in [5.74, 6) is 6.29. The Morgan fingerprint density at radius 1 is 1.73 bits per heavy atom. The van der Waals surface area contributed by atoms with Crippen LogP contribution in [0.15, 0.2) is 0 Å². The van der Waals surface area contributed by atoms with E-state index in [1.807, 2.05) is 6.92 Å². The van der Waals surface area contributed by atoms with Gasteiger partial charge >= 0.3 is 0 Å². The number of hydrogen-bond acceptors (Lipinski definition) is 3. The predicted octanol–water partition coefficient (Wildman–Crippen LogP) is -0.907. The molecule has 66 valence electrons. The topological polar surface area (TPSA) is 67.2 Å². The molecule has 0 rings (SSSR count). The van der Waals surface area contributed by atoms with Gasteiger partial charge < -0.3 is 10.7 Å². The number of nitrogens with one attached hydrogen (secondary N) is 2. The quantitative estimate of drug-likeness (QED) is 0.308. The van der Waals surface area contributed by atoms with E-state index in [0.29, 0.717) is 23.2 Å². The highest BCUT2D eigenvalue weighted by Crippen LogP contribution is 1.78. The van der Waals surface area contributed by atoms with E-state index in [2.05, 4.69) is 10.7 Å². The highest BCUT2D eigenvalue weighted by Gasteiger charge is 1.95. The Kier molecular flexibility index (Phi) is 6.39. The van der Waals surface area contributed by atoms with Crippen molar-refractivity contribution in [3.8, 4) is 0 Å². The van der Waals surface area contributed by atoms with Crippen LogP contribution in [0.4, 0.5) is 0 Å². The van der Waals surface area contributed by atoms with E-state index in [-0.39, 0.29) is 0 Å². The molecule has 11 heavy (non-hydrogen) atoms. The number of hydrazine groups is 1. The average molecular weight is 195 g/mol. The van der Waals surface area contributed by atoms with E-state index in [1.165, 1.54) is 0 Å². The monoisotopic (exact) mass is 195 g/mol. The van der Waals surface area contributed by atoms with Gasteiger partial charge in [-0.1, -0.05) is 6.92 Å². The second-order valence-electron chi connectivity index (χ2n) is 1.83. The van der Waals surface area contributed by atoms with E-state index in [9.17, 15) is 4.21 Å². The first-order valence-corrected chi connectivity index (χ1v) is 5.19. The van der Waals surface area contributed by atoms with Crippen molar-refractivity contribution in [3.05, 3.63) is 0 Å². The molecule has 6 heteroatoms. The minimum atomic E-state index is -0.736. The predicted molar refractivity (Wildman–Crippen MR) is 51.5 cm³/mol. The third-order valence-corrected chi connectivity index (χ3v) is 2.63. The van der Waals surface area contributed by atoms with Crippen LogP contribution in [0.3, 0.4) is 0 Å². The molecular weight excluding hydrogens is 182 g/mol. The maximum atomic E-state index is 10.9. The van der Waals surface area contributed by atoms with Crippen molar-refractivity contribution in [1.29, 1.82) is 0 Å². The lowest BCUT2D eigenvalue weighted by Gasteiger charge is -2.04. The minimum Gasteiger partial charge on any atom is -0.361 e. The van der Waals surface area contributed by atoms with Crippen LogP contribution in [-0.2, 0) is 10.8 Å². The summed E-state index contributed by atoms with van der Waals surface area (Å²) >= 11 is 4.70. The third-order valence-electron chi connectivity index (χ3n) is 1.07. The Morgan fingerprint density at radius 3 is 2.82 bits per heavy atom. The van der Waals surface area contributed by atoms with Gasteiger partial charge in [0.25, 0.3) is 0 Å². The summed E-state index contributed by atoms with van der Waals surface area (Å²) in [6.07, 6.45) is 0. The van der Waals surface area contributed by atoms with Gasteiger partial charge in [0.05, 0.1) is 0 Å². The van der Waals surface area contributed by atoms with Crippen molar-refractivity contribution in [2.45, 2.75) is 6.92 Å². The molecule has 1 atom stereocenters. The summed E-state index contributed by atoms with van der Waals surface area (Å²) in [6.45, 7) is 2.49. The first-order valence-electron chi connectivity index (χ1n) is 3.30. The van der Waals surface area contributed by atoms with E-state index in [4.69, 9.17) is 18.1 Å². The van der Waals surface area contributed by atoms with Crippen LogP contribution in [-0.4, -0.2) is 27.4 Å². The third kappa shape index (κ3) is 6.21. The van der Waals surface area contributed by atoms with Crippen molar-refractivity contribution < 1.29 is 4.21 Å². The first-order chi connectivity index (χ1) is 5.20. The molecule has 0 saturated heterocycles. The standard InChI is InChI=1S/C5H13N3OS2/c1-2-11(9)4-3-7-5(10)8-6/h2-4,6H2,1H3,(H2,7,8,10). The summed E-state index contributed by atoms with van der Waals surface area (Å²) < 4.78 is 10.9. The van der Waals surface area contributed by atoms with Crippen molar-refractivity contribution in [1.82, 2.24) is 10.7 Å². The Morgan fingerprint density at radius 2 is 2.36 bits per heavy atom. The van der Waals surface area contributed by atoms with Crippen molar-refractivity contribution in [2.24, 2.45) is 5.84 Å². The van der Waals surface area contributed by atoms with Crippen molar-refractivity contribution in [2.75, 3.05) is 18.1 Å². The SMILES string of the molecule is CCS(=O)CCNC(=S)NN. The zero-order chi connectivity index (χ0) is 8.69. The smallest absolute Gasteiger partial charge is 0.180 e. The lowest BCUT2D eigenvalue weighted by Crippen LogP contribution is -2.41. The molecule has 0 aliphatic heterocycles. The number of rotatable bonds is 4. The van der Waals surface area contributed by atoms with Crippen LogP contribution < -0.4 is 16.6 Å². The maximum Gasteiger partial charge on any atom is 0.180 e. The van der Waals surface area contributed by atoms with Crippen molar-refractivity contribution >= 4 is 28.1 Å². The Hall–Kier alpha value is -0.200. The summed E-state index contributed by atoms with van der Waals surface area (Å²) in [4.78, 5) is 0. The van der Waals surface area contributed by atoms with Crippen LogP contribution in [0, 0.1) is 0 Å². The molecule has 0 saturated carbocycles. The van der Waals surface area contributed by atoms with Gasteiger partial charge in [-0.2, -0.15) is 0 Å². The van der Waals surface area contributed by atoms with E-state index in [1.54, 1.807) is 0 Å². The Balaban J connectivity index is 3.27. The largest absolute Gasteiger partial charge is 0.361 e. The zero-order valence-electron chi connectivity index (χ0n) is 6.42. The van der Waals surface area contributed by atoms with Gasteiger partial charge in [0.1, 0.15) is 0 Å². The molecule has 1 unspecified atom stereocenters. The van der Waals surface area contributed by atoms with Gasteiger partial charge in [-0.15, -0.1) is 0 Å². The molecule has 0 aromatic rings. The molecule has 0 bridgehead atoms. The van der Waals surface area contributed by atoms with E-state index in [0.717, 1.165) is 0 Å². The van der Waals surface area contributed by atoms with Gasteiger partial charge in [-0.25, -0.2) is 5.84 Å². The molecule has 0 amide bonds. The van der Waals surface area contributed by atoms with Gasteiger partial charge in [0.15, 0.2) is 5.11 Å². The molecule has 4 N–H and O–H groups in total. The summed E-state index contributed by atoms with van der Waals surface area (Å²) in [5, 5.41) is 3.19. The highest BCUT2D eigenvalue weighted by molar-refractivity contribution is 7.84. The molecule has 0 aliphatic rings. The highest BCUT2D eigenvalue weighted by atomic mass is 32.2. The molecule has 0 fully saturated rings. The first kappa shape index (κ1) is 10.8. The normalized spacial score (nSPS) is 12.2. The molecular formula is C5H13N3OS2. The fourth-order valence-electron chi connectivity index (χ4n) is 0.474. The van der Waals surface area contributed by atoms with Crippen LogP contribution in [0.5, 0.6) is 0 Å². The number of thiocarbonyl (C=S) groups is 1. The minimum absolute atomic E-state index is 0.387. The molecule has 0 radical (unpaired) electrons. The maximum absolute atomic E-state index is 10.9. The summed E-state index contributed by atoms with van der Waals surface area (Å²) in [5.41, 5.74) is 2.28. The van der Waals surface area contributed by atoms with E-state index >= 15 is 0 Å². The van der Waals surface area contributed by atoms with Crippen LogP contribution in [0.25, 0.3) is 0 Å². The molecule has 0 heterocycles. The van der Waals surface area contributed by atoms with Gasteiger partial charge in [0.2, 0.25) is 0 Å². The number of nitrogens with two attached hydrogens (primary N) is 1. The molecule has 4 nitrogen and oxygen atoms in total. The van der Waals surface area contributed by atoms with Gasteiger partial charge in [-0.05, 0) is 12.2 Å². The van der Waals surface area contributed by atoms with Crippen LogP contribution >= 0.6 is 12.2 Å². The summed E-state index contributed by atoms with van der Waals surface area (Å²) in [6, 6.07) is 0. The average Bonchev–Trinajstić information content (AvgIpc) is 2.04. The Labute approximate surface area is 74.3 Å². The zero-order valence-corrected chi connectivity index (χ0v) is 8.06. The van der Waals surface area contributed by atoms with Gasteiger partial charge in [-0.3, -0.25) is 4.21 Å². The van der Waals surface area contributed by atoms with Gasteiger partial charge in [0, 0.05) is 28.9 Å². The van der Waals surface area contributed by atoms with Crippen LogP contribution in [0.1, 0.15) is 6.92 Å². The summed E-state index contributed by atoms with van der Waals surface area (Å²) in [7, 11) is -0.736. The molecule has 0 aliphatic carbocycles. The Bertz CT molecular complexity index is 135. The second kappa shape index (κ2) is 6.51. The lowest BCUT2D eigenvalue weighted by atomic mass is 10.7. The number of hydrogen-bond donors (Lipinski definition) is 3. The second-order valence-corrected chi connectivity index (χ2v) is 4.11. The fourth-order valence-corrected chi connectivity index (χ4v) is 1.19. The molecule has 0 spiro atoms. The van der Waals surface area contributed by atoms with E-state index < -0.39 is 10.8 Å². The molecule has 0 aromatic carbocycles. The van der Waals surface area contributed by atoms with Crippen molar-refractivity contribution in [3.63, 3.8) is 0 Å². The fraction of sp³-hybridized carbons (Fsp3) is 0.800. The lowest BCUT2D eigenvalue weighted by molar-refractivity contribution is 0.682. The molecule has 0 aromatic heterocycles. The van der Waals surface area contributed by atoms with Crippen LogP contribution in [0.2, 0.25) is 0 Å².